The van der Waals surface area contributed by atoms with Crippen LogP contribution in [0.25, 0.3) is 6.08 Å². The summed E-state index contributed by atoms with van der Waals surface area (Å²) in [5.74, 6) is -1.81. The smallest absolute Gasteiger partial charge is 0.325 e. The van der Waals surface area contributed by atoms with Gasteiger partial charge in [-0.1, -0.05) is 39.9 Å². The van der Waals surface area contributed by atoms with Crippen molar-refractivity contribution in [3.8, 4) is 5.75 Å². The summed E-state index contributed by atoms with van der Waals surface area (Å²) in [5.41, 5.74) is 0.462. The van der Waals surface area contributed by atoms with E-state index in [0.29, 0.717) is 25.7 Å². The standard InChI is InChI=1S/C17H16Br2N2O5S2/c1-8(16(25)26)20-13(22)3-2-4-21-15(24)12(28-17(21)27)6-9-5-10(18)7-11(19)14(9)23/h5-8,23H,2-4H2,1H3,(H,20,22)(H,25,26)/b12-6-. The SMILES string of the molecule is CC(NC(=O)CCCN1C(=O)/C(=C/c2cc(Br)cc(Br)c2O)SC1=S)C(=O)O. The van der Waals surface area contributed by atoms with Crippen LogP contribution in [0.5, 0.6) is 5.75 Å². The van der Waals surface area contributed by atoms with Crippen molar-refractivity contribution in [1.82, 2.24) is 10.2 Å². The molecule has 0 spiro atoms. The number of carbonyl (C=O) groups is 3. The number of carboxylic acids is 1. The lowest BCUT2D eigenvalue weighted by Crippen LogP contribution is -2.38. The molecule has 7 nitrogen and oxygen atoms in total. The molecule has 2 amide bonds. The molecule has 0 aliphatic carbocycles. The second-order valence-corrected chi connectivity index (χ2v) is 9.34. The zero-order valence-corrected chi connectivity index (χ0v) is 19.4. The molecule has 1 heterocycles. The Morgan fingerprint density at radius 3 is 2.71 bits per heavy atom. The van der Waals surface area contributed by atoms with Crippen LogP contribution in [0.3, 0.4) is 0 Å². The van der Waals surface area contributed by atoms with Crippen LogP contribution in [0.15, 0.2) is 26.0 Å². The number of benzene rings is 1. The second-order valence-electron chi connectivity index (χ2n) is 5.89. The van der Waals surface area contributed by atoms with Gasteiger partial charge in [0.2, 0.25) is 5.91 Å². The zero-order valence-electron chi connectivity index (χ0n) is 14.6. The molecular weight excluding hydrogens is 536 g/mol. The van der Waals surface area contributed by atoms with Crippen molar-refractivity contribution in [2.75, 3.05) is 6.54 Å². The van der Waals surface area contributed by atoms with Gasteiger partial charge in [0.05, 0.1) is 9.38 Å². The van der Waals surface area contributed by atoms with Crippen LogP contribution in [0.4, 0.5) is 0 Å². The topological polar surface area (TPSA) is 107 Å². The van der Waals surface area contributed by atoms with Gasteiger partial charge in [-0.2, -0.15) is 0 Å². The first kappa shape index (κ1) is 22.9. The van der Waals surface area contributed by atoms with E-state index < -0.39 is 17.9 Å². The molecule has 0 radical (unpaired) electrons. The van der Waals surface area contributed by atoms with Gasteiger partial charge in [0.15, 0.2) is 0 Å². The summed E-state index contributed by atoms with van der Waals surface area (Å²) in [4.78, 5) is 36.8. The molecule has 150 valence electrons. The summed E-state index contributed by atoms with van der Waals surface area (Å²) in [7, 11) is 0. The molecule has 28 heavy (non-hydrogen) atoms. The summed E-state index contributed by atoms with van der Waals surface area (Å²) in [5, 5.41) is 21.3. The number of carbonyl (C=O) groups excluding carboxylic acids is 2. The van der Waals surface area contributed by atoms with E-state index in [2.05, 4.69) is 37.2 Å². The Labute approximate surface area is 187 Å². The molecule has 0 bridgehead atoms. The van der Waals surface area contributed by atoms with Crippen LogP contribution in [0.1, 0.15) is 25.3 Å². The minimum Gasteiger partial charge on any atom is -0.506 e. The molecule has 1 fully saturated rings. The fourth-order valence-electron chi connectivity index (χ4n) is 2.30. The number of thiocarbonyl (C=S) groups is 1. The van der Waals surface area contributed by atoms with Gasteiger partial charge in [-0.3, -0.25) is 19.3 Å². The number of carboxylic acid groups (broad SMARTS) is 1. The molecule has 1 atom stereocenters. The lowest BCUT2D eigenvalue weighted by atomic mass is 10.2. The van der Waals surface area contributed by atoms with Crippen LogP contribution >= 0.6 is 55.8 Å². The summed E-state index contributed by atoms with van der Waals surface area (Å²) < 4.78 is 1.59. The van der Waals surface area contributed by atoms with Gasteiger partial charge in [0.1, 0.15) is 16.1 Å². The molecule has 1 aliphatic rings. The molecule has 1 aromatic carbocycles. The summed E-state index contributed by atoms with van der Waals surface area (Å²) in [6.07, 6.45) is 1.98. The Morgan fingerprint density at radius 2 is 2.07 bits per heavy atom. The fourth-order valence-corrected chi connectivity index (χ4v) is 4.86. The van der Waals surface area contributed by atoms with Crippen LogP contribution in [-0.4, -0.2) is 49.8 Å². The lowest BCUT2D eigenvalue weighted by molar-refractivity contribution is -0.141. The number of phenolic OH excluding ortho intramolecular Hbond substituents is 1. The Bertz CT molecular complexity index is 875. The molecular formula is C17H16Br2N2O5S2. The van der Waals surface area contributed by atoms with E-state index in [1.54, 1.807) is 18.2 Å². The maximum absolute atomic E-state index is 12.6. The zero-order chi connectivity index (χ0) is 21.0. The number of hydrogen-bond donors (Lipinski definition) is 3. The average molecular weight is 552 g/mol. The third kappa shape index (κ3) is 5.79. The number of nitrogens with zero attached hydrogens (tertiary/aromatic N) is 1. The largest absolute Gasteiger partial charge is 0.506 e. The molecule has 1 aliphatic heterocycles. The van der Waals surface area contributed by atoms with Crippen molar-refractivity contribution < 1.29 is 24.6 Å². The highest BCUT2D eigenvalue weighted by molar-refractivity contribution is 9.11. The number of aromatic hydroxyl groups is 1. The van der Waals surface area contributed by atoms with Gasteiger partial charge in [-0.05, 0) is 47.5 Å². The van der Waals surface area contributed by atoms with Crippen LogP contribution in [-0.2, 0) is 14.4 Å². The average Bonchev–Trinajstić information content (AvgIpc) is 2.86. The summed E-state index contributed by atoms with van der Waals surface area (Å²) >= 11 is 12.9. The minimum atomic E-state index is -1.11. The maximum Gasteiger partial charge on any atom is 0.325 e. The van der Waals surface area contributed by atoms with Gasteiger partial charge in [0, 0.05) is 23.0 Å². The van der Waals surface area contributed by atoms with E-state index in [9.17, 15) is 19.5 Å². The molecule has 0 saturated carbocycles. The first-order valence-corrected chi connectivity index (χ1v) is 10.9. The van der Waals surface area contributed by atoms with E-state index in [0.717, 1.165) is 16.2 Å². The monoisotopic (exact) mass is 550 g/mol. The molecule has 3 N–H and O–H groups in total. The van der Waals surface area contributed by atoms with Gasteiger partial charge < -0.3 is 15.5 Å². The number of amides is 2. The van der Waals surface area contributed by atoms with Gasteiger partial charge >= 0.3 is 5.97 Å². The highest BCUT2D eigenvalue weighted by Crippen LogP contribution is 2.37. The first-order valence-electron chi connectivity index (χ1n) is 8.05. The Balaban J connectivity index is 2.00. The van der Waals surface area contributed by atoms with Crippen molar-refractivity contribution in [2.24, 2.45) is 0 Å². The van der Waals surface area contributed by atoms with Gasteiger partial charge in [-0.25, -0.2) is 0 Å². The number of halogens is 2. The summed E-state index contributed by atoms with van der Waals surface area (Å²) in [6.45, 7) is 1.62. The number of rotatable bonds is 7. The van der Waals surface area contributed by atoms with Crippen molar-refractivity contribution in [3.63, 3.8) is 0 Å². The van der Waals surface area contributed by atoms with E-state index in [1.807, 2.05) is 0 Å². The van der Waals surface area contributed by atoms with Crippen molar-refractivity contribution in [1.29, 1.82) is 0 Å². The molecule has 1 saturated heterocycles. The van der Waals surface area contributed by atoms with Crippen molar-refractivity contribution >= 4 is 84.0 Å². The van der Waals surface area contributed by atoms with Crippen LogP contribution in [0.2, 0.25) is 0 Å². The Morgan fingerprint density at radius 1 is 1.39 bits per heavy atom. The first-order chi connectivity index (χ1) is 13.1. The van der Waals surface area contributed by atoms with E-state index in [1.165, 1.54) is 11.8 Å². The highest BCUT2D eigenvalue weighted by Gasteiger charge is 2.32. The van der Waals surface area contributed by atoms with E-state index >= 15 is 0 Å². The van der Waals surface area contributed by atoms with Crippen molar-refractivity contribution in [2.45, 2.75) is 25.8 Å². The van der Waals surface area contributed by atoms with Gasteiger partial charge in [0.25, 0.3) is 5.91 Å². The highest BCUT2D eigenvalue weighted by atomic mass is 79.9. The van der Waals surface area contributed by atoms with Crippen LogP contribution in [0, 0.1) is 0 Å². The predicted octanol–water partition coefficient (Wildman–Crippen LogP) is 3.49. The predicted molar refractivity (Wildman–Crippen MR) is 118 cm³/mol. The number of aliphatic carboxylic acids is 1. The third-order valence-electron chi connectivity index (χ3n) is 3.75. The Kier molecular flexibility index (Phi) is 8.05. The molecule has 11 heteroatoms. The van der Waals surface area contributed by atoms with Crippen molar-refractivity contribution in [3.05, 3.63) is 31.5 Å². The fraction of sp³-hybridized carbons (Fsp3) is 0.294. The number of phenols is 1. The minimum absolute atomic E-state index is 0.0117. The molecule has 1 unspecified atom stereocenters. The van der Waals surface area contributed by atoms with Gasteiger partial charge in [-0.15, -0.1) is 0 Å². The molecule has 2 rings (SSSR count). The van der Waals surface area contributed by atoms with E-state index in [-0.39, 0.29) is 24.6 Å². The van der Waals surface area contributed by atoms with Crippen LogP contribution < -0.4 is 5.32 Å². The molecule has 1 aromatic rings. The lowest BCUT2D eigenvalue weighted by Gasteiger charge is -2.14. The Hall–Kier alpha value is -1.43. The van der Waals surface area contributed by atoms with E-state index in [4.69, 9.17) is 17.3 Å². The summed E-state index contributed by atoms with van der Waals surface area (Å²) in [6, 6.07) is 2.40. The number of hydrogen-bond acceptors (Lipinski definition) is 6. The third-order valence-corrected chi connectivity index (χ3v) is 6.19. The number of nitrogens with one attached hydrogen (secondary N) is 1. The quantitative estimate of drug-likeness (QED) is 0.352. The number of thioether (sulfide) groups is 1. The molecule has 0 aromatic heterocycles. The maximum atomic E-state index is 12.6. The second kappa shape index (κ2) is 9.86. The normalized spacial score (nSPS) is 16.5.